The van der Waals surface area contributed by atoms with Crippen LogP contribution < -0.4 is 4.74 Å². The highest BCUT2D eigenvalue weighted by molar-refractivity contribution is 5.83. The van der Waals surface area contributed by atoms with Gasteiger partial charge in [0.05, 0.1) is 36.5 Å². The molecule has 0 aliphatic rings. The van der Waals surface area contributed by atoms with Crippen LogP contribution in [0.1, 0.15) is 77.5 Å². The third-order valence-corrected chi connectivity index (χ3v) is 7.32. The van der Waals surface area contributed by atoms with Gasteiger partial charge < -0.3 is 4.74 Å². The Bertz CT molecular complexity index is 1770. The Balaban J connectivity index is 0.000000277. The average Bonchev–Trinajstić information content (AvgIpc) is 3.14. The molecular weight excluding hydrogens is 647 g/mol. The van der Waals surface area contributed by atoms with E-state index in [9.17, 15) is 13.2 Å². The average molecular weight is 690 g/mol. The molecule has 0 saturated heterocycles. The molecule has 0 heterocycles. The van der Waals surface area contributed by atoms with Gasteiger partial charge in [0.2, 0.25) is 0 Å². The molecule has 0 spiro atoms. The summed E-state index contributed by atoms with van der Waals surface area (Å²) in [6.45, 7) is 7.46. The summed E-state index contributed by atoms with van der Waals surface area (Å²) in [6.07, 6.45) is 14.6. The minimum absolute atomic E-state index is 0.271. The largest absolute Gasteiger partial charge is 0.573 e. The lowest BCUT2D eigenvalue weighted by Crippen LogP contribution is -2.16. The van der Waals surface area contributed by atoms with Crippen LogP contribution in [0, 0.1) is 11.3 Å². The fourth-order valence-electron chi connectivity index (χ4n) is 4.58. The van der Waals surface area contributed by atoms with E-state index in [1.807, 2.05) is 36.4 Å². The fourth-order valence-corrected chi connectivity index (χ4v) is 4.58. The van der Waals surface area contributed by atoms with Crippen molar-refractivity contribution in [3.8, 4) is 11.8 Å². The first-order chi connectivity index (χ1) is 24.8. The van der Waals surface area contributed by atoms with E-state index >= 15 is 0 Å². The fraction of sp³-hybridized carbons (Fsp3) is 0.214. The van der Waals surface area contributed by atoms with E-state index in [-0.39, 0.29) is 5.75 Å². The quantitative estimate of drug-likeness (QED) is 0.0478. The Morgan fingerprint density at radius 1 is 0.549 bits per heavy atom. The van der Waals surface area contributed by atoms with Crippen molar-refractivity contribution in [3.05, 3.63) is 161 Å². The van der Waals surface area contributed by atoms with Gasteiger partial charge in [-0.25, -0.2) is 0 Å². The Morgan fingerprint density at radius 3 is 1.24 bits per heavy atom. The smallest absolute Gasteiger partial charge is 0.406 e. The van der Waals surface area contributed by atoms with Gasteiger partial charge in [0, 0.05) is 0 Å². The van der Waals surface area contributed by atoms with E-state index in [1.54, 1.807) is 30.8 Å². The normalized spacial score (nSPS) is 11.5. The molecule has 0 N–H and O–H groups in total. The molecule has 0 aliphatic heterocycles. The van der Waals surface area contributed by atoms with E-state index in [2.05, 4.69) is 80.8 Å². The Kier molecular flexibility index (Phi) is 17.6. The first kappa shape index (κ1) is 39.6. The summed E-state index contributed by atoms with van der Waals surface area (Å²) in [4.78, 5) is 0. The Labute approximate surface area is 298 Å². The third kappa shape index (κ3) is 17.4. The molecule has 6 nitrogen and oxygen atoms in total. The molecular formula is C42H42F3N5O. The van der Waals surface area contributed by atoms with E-state index < -0.39 is 6.36 Å². The van der Waals surface area contributed by atoms with Crippen molar-refractivity contribution in [2.45, 2.75) is 57.7 Å². The molecule has 51 heavy (non-hydrogen) atoms. The van der Waals surface area contributed by atoms with Gasteiger partial charge in [-0.2, -0.15) is 25.7 Å². The summed E-state index contributed by atoms with van der Waals surface area (Å²) in [7, 11) is 0. The highest BCUT2D eigenvalue weighted by atomic mass is 19.4. The highest BCUT2D eigenvalue weighted by Crippen LogP contribution is 2.22. The number of hydrogen-bond donors (Lipinski definition) is 0. The van der Waals surface area contributed by atoms with Gasteiger partial charge in [-0.3, -0.25) is 0 Å². The van der Waals surface area contributed by atoms with Crippen LogP contribution in [0.2, 0.25) is 0 Å². The summed E-state index contributed by atoms with van der Waals surface area (Å²) >= 11 is 0. The van der Waals surface area contributed by atoms with Crippen LogP contribution in [-0.2, 0) is 12.8 Å². The molecule has 0 atom stereocenters. The van der Waals surface area contributed by atoms with Gasteiger partial charge in [0.25, 0.3) is 0 Å². The highest BCUT2D eigenvalue weighted by Gasteiger charge is 2.30. The monoisotopic (exact) mass is 689 g/mol. The van der Waals surface area contributed by atoms with Crippen molar-refractivity contribution in [2.75, 3.05) is 0 Å². The number of nitrogens with zero attached hydrogens (tertiary/aromatic N) is 5. The number of unbranched alkanes of at least 4 members (excludes halogenated alkanes) is 4. The zero-order valence-electron chi connectivity index (χ0n) is 28.6. The summed E-state index contributed by atoms with van der Waals surface area (Å²) in [5.41, 5.74) is 6.76. The van der Waals surface area contributed by atoms with Crippen molar-refractivity contribution in [1.29, 1.82) is 5.26 Å². The lowest BCUT2D eigenvalue weighted by Gasteiger charge is -2.08. The molecule has 262 valence electrons. The number of alkyl halides is 3. The van der Waals surface area contributed by atoms with Crippen LogP contribution in [0.3, 0.4) is 0 Å². The molecule has 0 radical (unpaired) electrons. The van der Waals surface area contributed by atoms with Crippen LogP contribution in [0.5, 0.6) is 5.75 Å². The van der Waals surface area contributed by atoms with Crippen LogP contribution in [0.25, 0.3) is 0 Å². The molecule has 0 amide bonds. The molecule has 0 aliphatic carbocycles. The molecule has 0 fully saturated rings. The standard InChI is InChI=1S/C21H21F3N2O.C21H21N3/c1-2-3-4-5-6-17-7-9-18(10-8-17)15-25-26-16-19-11-13-20(14-12-19)27-21(22,23)24;1-2-3-4-5-6-18-7-11-20(12-8-18)16-23-24-17-21-13-9-19(15-22)10-14-21/h2,7-16H,1,3-6H2;2,7-14,16-17H,1,3-6H2. The predicted octanol–water partition coefficient (Wildman–Crippen LogP) is 10.8. The molecule has 0 aromatic heterocycles. The lowest BCUT2D eigenvalue weighted by molar-refractivity contribution is -0.274. The van der Waals surface area contributed by atoms with Crippen LogP contribution >= 0.6 is 0 Å². The van der Waals surface area contributed by atoms with Gasteiger partial charge in [0.15, 0.2) is 0 Å². The van der Waals surface area contributed by atoms with Crippen LogP contribution in [-0.4, -0.2) is 31.2 Å². The molecule has 4 aromatic rings. The van der Waals surface area contributed by atoms with E-state index in [1.165, 1.54) is 54.4 Å². The molecule has 0 saturated carbocycles. The molecule has 0 unspecified atom stereocenters. The first-order valence-electron chi connectivity index (χ1n) is 16.7. The summed E-state index contributed by atoms with van der Waals surface area (Å²) in [5, 5.41) is 24.7. The van der Waals surface area contributed by atoms with Gasteiger partial charge >= 0.3 is 6.36 Å². The molecule has 9 heteroatoms. The maximum Gasteiger partial charge on any atom is 0.573 e. The number of hydrogen-bond acceptors (Lipinski definition) is 6. The lowest BCUT2D eigenvalue weighted by atomic mass is 10.1. The van der Waals surface area contributed by atoms with Crippen molar-refractivity contribution in [3.63, 3.8) is 0 Å². The Hall–Kier alpha value is -5.88. The van der Waals surface area contributed by atoms with E-state index in [0.29, 0.717) is 11.1 Å². The van der Waals surface area contributed by atoms with Gasteiger partial charge in [-0.05, 0) is 121 Å². The van der Waals surface area contributed by atoms with Crippen molar-refractivity contribution in [2.24, 2.45) is 20.4 Å². The number of rotatable bonds is 17. The molecule has 4 rings (SSSR count). The first-order valence-corrected chi connectivity index (χ1v) is 16.7. The van der Waals surface area contributed by atoms with Crippen LogP contribution in [0.4, 0.5) is 13.2 Å². The zero-order valence-corrected chi connectivity index (χ0v) is 28.6. The second kappa shape index (κ2) is 22.7. The van der Waals surface area contributed by atoms with Crippen LogP contribution in [0.15, 0.2) is 143 Å². The van der Waals surface area contributed by atoms with Crippen molar-refractivity contribution < 1.29 is 17.9 Å². The Morgan fingerprint density at radius 2 is 0.902 bits per heavy atom. The number of ether oxygens (including phenoxy) is 1. The van der Waals surface area contributed by atoms with Gasteiger partial charge in [-0.1, -0.05) is 72.8 Å². The molecule has 0 bridgehead atoms. The summed E-state index contributed by atoms with van der Waals surface area (Å²) in [6, 6.07) is 31.2. The maximum absolute atomic E-state index is 12.1. The maximum atomic E-state index is 12.1. The second-order valence-corrected chi connectivity index (χ2v) is 11.4. The summed E-state index contributed by atoms with van der Waals surface area (Å²) < 4.78 is 40.1. The van der Waals surface area contributed by atoms with E-state index in [0.717, 1.165) is 55.2 Å². The van der Waals surface area contributed by atoms with E-state index in [4.69, 9.17) is 5.26 Å². The topological polar surface area (TPSA) is 82.5 Å². The zero-order chi connectivity index (χ0) is 36.6. The predicted molar refractivity (Wildman–Crippen MR) is 203 cm³/mol. The van der Waals surface area contributed by atoms with Gasteiger partial charge in [0.1, 0.15) is 5.75 Å². The number of benzene rings is 4. The second-order valence-electron chi connectivity index (χ2n) is 11.4. The number of allylic oxidation sites excluding steroid dienone is 2. The number of halogens is 3. The minimum Gasteiger partial charge on any atom is -0.406 e. The van der Waals surface area contributed by atoms with Crippen molar-refractivity contribution >= 4 is 24.9 Å². The minimum atomic E-state index is -4.69. The van der Waals surface area contributed by atoms with Gasteiger partial charge in [-0.15, -0.1) is 26.3 Å². The molecule has 4 aromatic carbocycles. The SMILES string of the molecule is C=CCCCCc1ccc(C=NN=Cc2ccc(C#N)cc2)cc1.C=CCCCCc1ccc(C=NN=Cc2ccc(OC(F)(F)F)cc2)cc1. The number of nitriles is 1. The summed E-state index contributed by atoms with van der Waals surface area (Å²) in [5.74, 6) is -0.271. The van der Waals surface area contributed by atoms with Crippen molar-refractivity contribution in [1.82, 2.24) is 0 Å². The third-order valence-electron chi connectivity index (χ3n) is 7.32. The number of aryl methyl sites for hydroxylation is 2.